The van der Waals surface area contributed by atoms with Crippen LogP contribution in [0.5, 0.6) is 0 Å². The SMILES string of the molecule is O=C(O)CCCCCNN1C(=O)N[C@@H]2CS[C@H](CCCCC(=O)O)[C@@H]21. The molecule has 2 aliphatic rings. The van der Waals surface area contributed by atoms with E-state index in [2.05, 4.69) is 10.7 Å². The molecule has 2 heterocycles. The fourth-order valence-electron chi connectivity index (χ4n) is 3.35. The summed E-state index contributed by atoms with van der Waals surface area (Å²) in [7, 11) is 0. The van der Waals surface area contributed by atoms with Crippen molar-refractivity contribution in [1.82, 2.24) is 15.8 Å². The molecule has 0 aromatic rings. The van der Waals surface area contributed by atoms with E-state index in [9.17, 15) is 14.4 Å². The number of hydrogen-bond donors (Lipinski definition) is 4. The number of urea groups is 1. The van der Waals surface area contributed by atoms with Gasteiger partial charge in [0.25, 0.3) is 0 Å². The zero-order valence-electron chi connectivity index (χ0n) is 14.3. The molecule has 2 fully saturated rings. The lowest BCUT2D eigenvalue weighted by Crippen LogP contribution is -2.49. The van der Waals surface area contributed by atoms with Gasteiger partial charge >= 0.3 is 18.0 Å². The maximum atomic E-state index is 12.1. The highest BCUT2D eigenvalue weighted by atomic mass is 32.2. The van der Waals surface area contributed by atoms with E-state index in [4.69, 9.17) is 10.2 Å². The summed E-state index contributed by atoms with van der Waals surface area (Å²) >= 11 is 1.84. The fourth-order valence-corrected chi connectivity index (χ4v) is 4.93. The summed E-state index contributed by atoms with van der Waals surface area (Å²) in [5, 5.41) is 22.3. The van der Waals surface area contributed by atoms with Crippen molar-refractivity contribution in [3.8, 4) is 0 Å². The number of aliphatic carboxylic acids is 2. The number of carbonyl (C=O) groups excluding carboxylic acids is 1. The third kappa shape index (κ3) is 6.07. The van der Waals surface area contributed by atoms with E-state index in [1.165, 1.54) is 0 Å². The molecule has 0 bridgehead atoms. The van der Waals surface area contributed by atoms with Gasteiger partial charge in [-0.1, -0.05) is 12.8 Å². The predicted molar refractivity (Wildman–Crippen MR) is 94.4 cm³/mol. The minimum atomic E-state index is -0.775. The molecular formula is C16H27N3O5S. The Bertz CT molecular complexity index is 490. The van der Waals surface area contributed by atoms with E-state index >= 15 is 0 Å². The Balaban J connectivity index is 1.72. The van der Waals surface area contributed by atoms with Crippen LogP contribution in [0, 0.1) is 0 Å². The molecule has 2 amide bonds. The van der Waals surface area contributed by atoms with Crippen LogP contribution in [0.15, 0.2) is 0 Å². The second-order valence-electron chi connectivity index (χ2n) is 6.54. The van der Waals surface area contributed by atoms with Gasteiger partial charge in [0.1, 0.15) is 0 Å². The first kappa shape index (κ1) is 19.8. The van der Waals surface area contributed by atoms with E-state index in [1.54, 1.807) is 5.01 Å². The number of nitrogens with one attached hydrogen (secondary N) is 2. The topological polar surface area (TPSA) is 119 Å². The third-order valence-electron chi connectivity index (χ3n) is 4.59. The van der Waals surface area contributed by atoms with Gasteiger partial charge < -0.3 is 15.5 Å². The lowest BCUT2D eigenvalue weighted by molar-refractivity contribution is -0.138. The number of hydrogen-bond acceptors (Lipinski definition) is 5. The minimum absolute atomic E-state index is 0.0985. The van der Waals surface area contributed by atoms with Gasteiger partial charge in [0.15, 0.2) is 0 Å². The lowest BCUT2D eigenvalue weighted by atomic mass is 10.0. The number of rotatable bonds is 12. The van der Waals surface area contributed by atoms with E-state index in [0.29, 0.717) is 24.6 Å². The van der Waals surface area contributed by atoms with E-state index in [1.807, 2.05) is 11.8 Å². The first-order valence-corrected chi connectivity index (χ1v) is 9.92. The van der Waals surface area contributed by atoms with Crippen LogP contribution >= 0.6 is 11.8 Å². The number of carbonyl (C=O) groups is 3. The van der Waals surface area contributed by atoms with E-state index < -0.39 is 11.9 Å². The van der Waals surface area contributed by atoms with Gasteiger partial charge in [-0.15, -0.1) is 0 Å². The molecule has 0 aliphatic carbocycles. The normalized spacial score (nSPS) is 25.0. The number of nitrogens with zero attached hydrogens (tertiary/aromatic N) is 1. The van der Waals surface area contributed by atoms with Crippen LogP contribution < -0.4 is 10.7 Å². The van der Waals surface area contributed by atoms with Crippen LogP contribution in [0.3, 0.4) is 0 Å². The van der Waals surface area contributed by atoms with Crippen molar-refractivity contribution in [2.75, 3.05) is 12.3 Å². The van der Waals surface area contributed by atoms with Crippen molar-refractivity contribution in [3.63, 3.8) is 0 Å². The molecule has 142 valence electrons. The van der Waals surface area contributed by atoms with Crippen LogP contribution in [0.2, 0.25) is 0 Å². The summed E-state index contributed by atoms with van der Waals surface area (Å²) in [5.41, 5.74) is 3.20. The van der Waals surface area contributed by atoms with Gasteiger partial charge in [0.2, 0.25) is 0 Å². The van der Waals surface area contributed by atoms with Gasteiger partial charge in [-0.25, -0.2) is 10.2 Å². The van der Waals surface area contributed by atoms with Gasteiger partial charge in [0.05, 0.1) is 12.1 Å². The molecule has 4 N–H and O–H groups in total. The smallest absolute Gasteiger partial charge is 0.332 e. The highest BCUT2D eigenvalue weighted by molar-refractivity contribution is 8.00. The molecule has 2 aliphatic heterocycles. The maximum Gasteiger partial charge on any atom is 0.332 e. The number of carboxylic acids is 2. The van der Waals surface area contributed by atoms with Crippen molar-refractivity contribution >= 4 is 29.7 Å². The van der Waals surface area contributed by atoms with Crippen molar-refractivity contribution < 1.29 is 24.6 Å². The number of carboxylic acid groups (broad SMARTS) is 2. The molecule has 2 saturated heterocycles. The van der Waals surface area contributed by atoms with Crippen LogP contribution in [-0.2, 0) is 9.59 Å². The Labute approximate surface area is 151 Å². The summed E-state index contributed by atoms with van der Waals surface area (Å²) < 4.78 is 0. The third-order valence-corrected chi connectivity index (χ3v) is 6.08. The molecule has 0 saturated carbocycles. The molecule has 3 atom stereocenters. The number of thioether (sulfide) groups is 1. The van der Waals surface area contributed by atoms with Crippen molar-refractivity contribution in [3.05, 3.63) is 0 Å². The first-order valence-electron chi connectivity index (χ1n) is 8.87. The second kappa shape index (κ2) is 9.86. The van der Waals surface area contributed by atoms with Gasteiger partial charge in [-0.2, -0.15) is 11.8 Å². The van der Waals surface area contributed by atoms with Gasteiger partial charge in [-0.3, -0.25) is 14.6 Å². The molecule has 0 spiro atoms. The van der Waals surface area contributed by atoms with E-state index in [-0.39, 0.29) is 31.0 Å². The molecule has 0 unspecified atom stereocenters. The zero-order valence-corrected chi connectivity index (χ0v) is 15.1. The minimum Gasteiger partial charge on any atom is -0.481 e. The molecule has 0 radical (unpaired) electrons. The van der Waals surface area contributed by atoms with Crippen LogP contribution in [0.1, 0.15) is 51.4 Å². The van der Waals surface area contributed by atoms with Gasteiger partial charge in [-0.05, 0) is 25.7 Å². The van der Waals surface area contributed by atoms with Crippen molar-refractivity contribution in [1.29, 1.82) is 0 Å². The molecule has 2 rings (SSSR count). The van der Waals surface area contributed by atoms with E-state index in [0.717, 1.165) is 31.4 Å². The summed E-state index contributed by atoms with van der Waals surface area (Å²) in [5.74, 6) is -0.652. The number of amides is 2. The Hall–Kier alpha value is -1.48. The first-order chi connectivity index (χ1) is 12.0. The average Bonchev–Trinajstić information content (AvgIpc) is 3.06. The monoisotopic (exact) mass is 373 g/mol. The molecular weight excluding hydrogens is 346 g/mol. The fraction of sp³-hybridized carbons (Fsp3) is 0.812. The molecule has 0 aromatic heterocycles. The number of hydrazine groups is 1. The Morgan fingerprint density at radius 3 is 2.48 bits per heavy atom. The predicted octanol–water partition coefficient (Wildman–Crippen LogP) is 1.66. The standard InChI is InChI=1S/C16H27N3O5S/c20-13(21)7-2-1-5-9-17-19-15-11(18-16(19)24)10-25-12(15)6-3-4-8-14(22)23/h11-12,15,17H,1-10H2,(H,18,24)(H,20,21)(H,22,23)/t11-,12-,15-/m1/s1. The second-order valence-corrected chi connectivity index (χ2v) is 7.81. The summed E-state index contributed by atoms with van der Waals surface area (Å²) in [6, 6.07) is 0.138. The Morgan fingerprint density at radius 1 is 1.12 bits per heavy atom. The average molecular weight is 373 g/mol. The number of fused-ring (bicyclic) bond motifs is 1. The van der Waals surface area contributed by atoms with Crippen molar-refractivity contribution in [2.24, 2.45) is 0 Å². The van der Waals surface area contributed by atoms with Crippen molar-refractivity contribution in [2.45, 2.75) is 68.7 Å². The largest absolute Gasteiger partial charge is 0.481 e. The highest BCUT2D eigenvalue weighted by Crippen LogP contribution is 2.36. The highest BCUT2D eigenvalue weighted by Gasteiger charge is 2.48. The van der Waals surface area contributed by atoms with Crippen LogP contribution in [0.4, 0.5) is 4.79 Å². The number of unbranched alkanes of at least 4 members (excludes halogenated alkanes) is 3. The van der Waals surface area contributed by atoms with Crippen LogP contribution in [-0.4, -0.2) is 62.8 Å². The summed E-state index contributed by atoms with van der Waals surface area (Å²) in [6.45, 7) is 0.645. The maximum absolute atomic E-state index is 12.1. The Kier molecular flexibility index (Phi) is 7.83. The lowest BCUT2D eigenvalue weighted by Gasteiger charge is -2.27. The van der Waals surface area contributed by atoms with Gasteiger partial charge in [0, 0.05) is 30.4 Å². The van der Waals surface area contributed by atoms with Crippen LogP contribution in [0.25, 0.3) is 0 Å². The summed E-state index contributed by atoms with van der Waals surface area (Å²) in [6.07, 6.45) is 5.10. The molecule has 25 heavy (non-hydrogen) atoms. The quantitative estimate of drug-likeness (QED) is 0.303. The molecule has 0 aromatic carbocycles. The molecule has 8 nitrogen and oxygen atoms in total. The Morgan fingerprint density at radius 2 is 1.80 bits per heavy atom. The summed E-state index contributed by atoms with van der Waals surface area (Å²) in [4.78, 5) is 33.2. The molecule has 9 heteroatoms. The zero-order chi connectivity index (χ0) is 18.2.